The topological polar surface area (TPSA) is 74.8 Å². The zero-order valence-corrected chi connectivity index (χ0v) is 12.5. The van der Waals surface area contributed by atoms with Gasteiger partial charge in [-0.3, -0.25) is 4.90 Å². The van der Waals surface area contributed by atoms with Gasteiger partial charge in [0.05, 0.1) is 13.2 Å². The molecule has 2 heterocycles. The fourth-order valence-electron chi connectivity index (χ4n) is 2.90. The lowest BCUT2D eigenvalue weighted by atomic mass is 10.0. The number of aliphatic hydroxyl groups is 1. The lowest BCUT2D eigenvalue weighted by molar-refractivity contribution is -0.0657. The van der Waals surface area contributed by atoms with Gasteiger partial charge in [0.15, 0.2) is 0 Å². The average molecular weight is 304 g/mol. The maximum atomic E-state index is 11.2. The molecule has 1 fully saturated rings. The SMILES string of the molecule is COC(=O)O[C@H]1CN(Cc2c[nH]c3ccccc23)CC[C@H]1O. The highest BCUT2D eigenvalue weighted by Gasteiger charge is 2.31. The molecule has 118 valence electrons. The summed E-state index contributed by atoms with van der Waals surface area (Å²) in [5.41, 5.74) is 2.31. The van der Waals surface area contributed by atoms with Gasteiger partial charge >= 0.3 is 6.16 Å². The molecule has 0 spiro atoms. The van der Waals surface area contributed by atoms with Gasteiger partial charge in [-0.15, -0.1) is 0 Å². The maximum absolute atomic E-state index is 11.2. The number of aromatic nitrogens is 1. The van der Waals surface area contributed by atoms with Gasteiger partial charge in [-0.2, -0.15) is 0 Å². The average Bonchev–Trinajstić information content (AvgIpc) is 2.94. The number of nitrogens with zero attached hydrogens (tertiary/aromatic N) is 1. The van der Waals surface area contributed by atoms with Crippen LogP contribution in [0, 0.1) is 0 Å². The van der Waals surface area contributed by atoms with Crippen LogP contribution in [0.25, 0.3) is 10.9 Å². The summed E-state index contributed by atoms with van der Waals surface area (Å²) in [6.07, 6.45) is 0.637. The van der Waals surface area contributed by atoms with E-state index in [1.165, 1.54) is 18.1 Å². The Morgan fingerprint density at radius 2 is 2.27 bits per heavy atom. The van der Waals surface area contributed by atoms with Crippen LogP contribution in [0.15, 0.2) is 30.5 Å². The van der Waals surface area contributed by atoms with Crippen molar-refractivity contribution in [3.8, 4) is 0 Å². The molecular formula is C16H20N2O4. The quantitative estimate of drug-likeness (QED) is 0.847. The molecule has 6 heteroatoms. The summed E-state index contributed by atoms with van der Waals surface area (Å²) in [5.74, 6) is 0. The van der Waals surface area contributed by atoms with E-state index >= 15 is 0 Å². The van der Waals surface area contributed by atoms with Crippen molar-refractivity contribution in [3.63, 3.8) is 0 Å². The Labute approximate surface area is 128 Å². The summed E-state index contributed by atoms with van der Waals surface area (Å²) in [5, 5.41) is 11.2. The van der Waals surface area contributed by atoms with Crippen molar-refractivity contribution in [2.75, 3.05) is 20.2 Å². The molecule has 0 radical (unpaired) electrons. The molecule has 1 aliphatic heterocycles. The number of carbonyl (C=O) groups excluding carboxylic acids is 1. The van der Waals surface area contributed by atoms with Gasteiger partial charge < -0.3 is 19.6 Å². The Kier molecular flexibility index (Phi) is 4.31. The Hall–Kier alpha value is -2.05. The molecule has 1 aromatic heterocycles. The first-order valence-corrected chi connectivity index (χ1v) is 7.37. The van der Waals surface area contributed by atoms with Crippen LogP contribution in [0.4, 0.5) is 4.79 Å². The molecule has 0 unspecified atom stereocenters. The number of benzene rings is 1. The number of rotatable bonds is 3. The van der Waals surface area contributed by atoms with Crippen LogP contribution in [0.1, 0.15) is 12.0 Å². The molecule has 1 saturated heterocycles. The van der Waals surface area contributed by atoms with E-state index in [9.17, 15) is 9.90 Å². The number of fused-ring (bicyclic) bond motifs is 1. The highest BCUT2D eigenvalue weighted by molar-refractivity contribution is 5.82. The van der Waals surface area contributed by atoms with Crippen molar-refractivity contribution < 1.29 is 19.4 Å². The molecule has 2 N–H and O–H groups in total. The number of aromatic amines is 1. The van der Waals surface area contributed by atoms with Crippen LogP contribution in [-0.4, -0.2) is 53.6 Å². The molecule has 6 nitrogen and oxygen atoms in total. The van der Waals surface area contributed by atoms with Crippen LogP contribution in [0.3, 0.4) is 0 Å². The van der Waals surface area contributed by atoms with Gasteiger partial charge in [0, 0.05) is 36.7 Å². The summed E-state index contributed by atoms with van der Waals surface area (Å²) in [7, 11) is 1.27. The van der Waals surface area contributed by atoms with Crippen LogP contribution >= 0.6 is 0 Å². The molecule has 1 aromatic carbocycles. The van der Waals surface area contributed by atoms with Gasteiger partial charge in [-0.1, -0.05) is 18.2 Å². The minimum Gasteiger partial charge on any atom is -0.438 e. The van der Waals surface area contributed by atoms with Gasteiger partial charge in [0.25, 0.3) is 0 Å². The zero-order chi connectivity index (χ0) is 15.5. The normalized spacial score (nSPS) is 22.6. The molecule has 0 aliphatic carbocycles. The van der Waals surface area contributed by atoms with Crippen LogP contribution in [0.5, 0.6) is 0 Å². The molecule has 22 heavy (non-hydrogen) atoms. The summed E-state index contributed by atoms with van der Waals surface area (Å²) in [4.78, 5) is 16.7. The number of para-hydroxylation sites is 1. The monoisotopic (exact) mass is 304 g/mol. The lowest BCUT2D eigenvalue weighted by Crippen LogP contribution is -2.48. The Balaban J connectivity index is 1.68. The van der Waals surface area contributed by atoms with Gasteiger partial charge in [-0.25, -0.2) is 4.79 Å². The third kappa shape index (κ3) is 3.08. The summed E-state index contributed by atoms with van der Waals surface area (Å²) in [6.45, 7) is 2.01. The van der Waals surface area contributed by atoms with E-state index in [1.54, 1.807) is 0 Å². The lowest BCUT2D eigenvalue weighted by Gasteiger charge is -2.35. The van der Waals surface area contributed by atoms with Gasteiger partial charge in [0.1, 0.15) is 6.10 Å². The Morgan fingerprint density at radius 1 is 1.45 bits per heavy atom. The number of piperidine rings is 1. The number of ether oxygens (including phenoxy) is 2. The molecule has 2 atom stereocenters. The summed E-state index contributed by atoms with van der Waals surface area (Å²) in [6, 6.07) is 8.15. The smallest absolute Gasteiger partial charge is 0.438 e. The highest BCUT2D eigenvalue weighted by Crippen LogP contribution is 2.22. The largest absolute Gasteiger partial charge is 0.508 e. The van der Waals surface area contributed by atoms with E-state index in [4.69, 9.17) is 4.74 Å². The molecule has 0 saturated carbocycles. The molecule has 1 aliphatic rings. The fourth-order valence-corrected chi connectivity index (χ4v) is 2.90. The van der Waals surface area contributed by atoms with Crippen molar-refractivity contribution in [1.29, 1.82) is 0 Å². The van der Waals surface area contributed by atoms with Crippen molar-refractivity contribution in [2.45, 2.75) is 25.2 Å². The van der Waals surface area contributed by atoms with Crippen molar-refractivity contribution in [1.82, 2.24) is 9.88 Å². The van der Waals surface area contributed by atoms with E-state index in [0.29, 0.717) is 13.0 Å². The van der Waals surface area contributed by atoms with E-state index in [2.05, 4.69) is 20.7 Å². The van der Waals surface area contributed by atoms with E-state index < -0.39 is 18.4 Å². The van der Waals surface area contributed by atoms with E-state index in [-0.39, 0.29) is 0 Å². The van der Waals surface area contributed by atoms with Crippen molar-refractivity contribution in [2.24, 2.45) is 0 Å². The molecule has 3 rings (SSSR count). The second-order valence-corrected chi connectivity index (χ2v) is 5.56. The number of H-pyrrole nitrogens is 1. The molecular weight excluding hydrogens is 284 g/mol. The van der Waals surface area contributed by atoms with Crippen molar-refractivity contribution >= 4 is 17.1 Å². The highest BCUT2D eigenvalue weighted by atomic mass is 16.7. The van der Waals surface area contributed by atoms with Crippen LogP contribution in [0.2, 0.25) is 0 Å². The first kappa shape index (κ1) is 14.9. The number of carbonyl (C=O) groups is 1. The maximum Gasteiger partial charge on any atom is 0.508 e. The first-order valence-electron chi connectivity index (χ1n) is 7.37. The third-order valence-corrected chi connectivity index (χ3v) is 4.09. The van der Waals surface area contributed by atoms with Gasteiger partial charge in [0.2, 0.25) is 0 Å². The predicted octanol–water partition coefficient (Wildman–Crippen LogP) is 1.89. The second-order valence-electron chi connectivity index (χ2n) is 5.56. The zero-order valence-electron chi connectivity index (χ0n) is 12.5. The molecule has 2 aromatic rings. The molecule has 0 bridgehead atoms. The van der Waals surface area contributed by atoms with Crippen LogP contribution < -0.4 is 0 Å². The summed E-state index contributed by atoms with van der Waals surface area (Å²) < 4.78 is 9.63. The van der Waals surface area contributed by atoms with Crippen molar-refractivity contribution in [3.05, 3.63) is 36.0 Å². The number of methoxy groups -OCH3 is 1. The third-order valence-electron chi connectivity index (χ3n) is 4.09. The van der Waals surface area contributed by atoms with Crippen LogP contribution in [-0.2, 0) is 16.0 Å². The Morgan fingerprint density at radius 3 is 3.09 bits per heavy atom. The first-order chi connectivity index (χ1) is 10.7. The number of nitrogens with one attached hydrogen (secondary N) is 1. The standard InChI is InChI=1S/C16H20N2O4/c1-21-16(20)22-15-10-18(7-6-14(15)19)9-11-8-17-13-5-3-2-4-12(11)13/h2-5,8,14-15,17,19H,6-7,9-10H2,1H3/t14-,15+/m1/s1. The number of likely N-dealkylation sites (tertiary alicyclic amines) is 1. The predicted molar refractivity (Wildman–Crippen MR) is 81.5 cm³/mol. The minimum absolute atomic E-state index is 0.496. The number of hydrogen-bond donors (Lipinski definition) is 2. The van der Waals surface area contributed by atoms with E-state index in [1.807, 2.05) is 24.4 Å². The number of hydrogen-bond acceptors (Lipinski definition) is 5. The Bertz CT molecular complexity index is 654. The second kappa shape index (κ2) is 6.37. The molecule has 0 amide bonds. The number of aliphatic hydroxyl groups excluding tert-OH is 1. The fraction of sp³-hybridized carbons (Fsp3) is 0.438. The van der Waals surface area contributed by atoms with Gasteiger partial charge in [-0.05, 0) is 18.1 Å². The minimum atomic E-state index is -0.752. The summed E-state index contributed by atoms with van der Waals surface area (Å²) >= 11 is 0. The van der Waals surface area contributed by atoms with E-state index in [0.717, 1.165) is 18.6 Å².